The first kappa shape index (κ1) is 11.2. The maximum absolute atomic E-state index is 12.6. The van der Waals surface area contributed by atoms with E-state index in [4.69, 9.17) is 5.26 Å². The molecule has 0 aromatic heterocycles. The number of hydrogen-bond donors (Lipinski definition) is 0. The molecular formula is C10H5F4N. The van der Waals surface area contributed by atoms with Crippen LogP contribution in [0.2, 0.25) is 0 Å². The SMILES string of the molecule is N#C/C=C/c1ccc(F)cc1C(F)(F)F. The summed E-state index contributed by atoms with van der Waals surface area (Å²) in [7, 11) is 0. The number of allylic oxidation sites excluding steroid dienone is 1. The molecule has 0 aliphatic carbocycles. The standard InChI is InChI=1S/C10H5F4N/c11-8-4-3-7(2-1-5-15)9(6-8)10(12,13)14/h1-4,6H/b2-1+. The first-order chi connectivity index (χ1) is 6.95. The van der Waals surface area contributed by atoms with E-state index in [1.165, 1.54) is 0 Å². The summed E-state index contributed by atoms with van der Waals surface area (Å²) in [6.45, 7) is 0. The van der Waals surface area contributed by atoms with Gasteiger partial charge < -0.3 is 0 Å². The first-order valence-corrected chi connectivity index (χ1v) is 3.88. The molecule has 1 aromatic carbocycles. The molecule has 0 aliphatic rings. The number of halogens is 4. The van der Waals surface area contributed by atoms with E-state index in [1.54, 1.807) is 6.07 Å². The summed E-state index contributed by atoms with van der Waals surface area (Å²) in [5.74, 6) is -0.962. The summed E-state index contributed by atoms with van der Waals surface area (Å²) in [4.78, 5) is 0. The van der Waals surface area contributed by atoms with Crippen molar-refractivity contribution in [2.75, 3.05) is 0 Å². The summed E-state index contributed by atoms with van der Waals surface area (Å²) in [5.41, 5.74) is -1.32. The quantitative estimate of drug-likeness (QED) is 0.520. The maximum Gasteiger partial charge on any atom is 0.417 e. The number of rotatable bonds is 1. The number of benzene rings is 1. The van der Waals surface area contributed by atoms with Gasteiger partial charge in [-0.3, -0.25) is 0 Å². The van der Waals surface area contributed by atoms with Crippen LogP contribution in [0, 0.1) is 17.1 Å². The molecule has 0 aliphatic heterocycles. The third kappa shape index (κ3) is 2.81. The van der Waals surface area contributed by atoms with E-state index in [1.807, 2.05) is 0 Å². The molecule has 5 heteroatoms. The van der Waals surface area contributed by atoms with Gasteiger partial charge in [0, 0.05) is 6.08 Å². The van der Waals surface area contributed by atoms with Gasteiger partial charge in [0.1, 0.15) is 5.82 Å². The van der Waals surface area contributed by atoms with Crippen molar-refractivity contribution in [1.29, 1.82) is 5.26 Å². The monoisotopic (exact) mass is 215 g/mol. The second-order valence-corrected chi connectivity index (χ2v) is 2.69. The van der Waals surface area contributed by atoms with E-state index in [0.717, 1.165) is 24.3 Å². The van der Waals surface area contributed by atoms with Gasteiger partial charge in [-0.15, -0.1) is 0 Å². The molecule has 0 fully saturated rings. The molecule has 1 aromatic rings. The molecule has 0 atom stereocenters. The number of nitriles is 1. The maximum atomic E-state index is 12.6. The third-order valence-electron chi connectivity index (χ3n) is 1.66. The Labute approximate surface area is 83.3 Å². The highest BCUT2D eigenvalue weighted by atomic mass is 19.4. The highest BCUT2D eigenvalue weighted by molar-refractivity contribution is 5.56. The predicted molar refractivity (Wildman–Crippen MR) is 46.0 cm³/mol. The number of hydrogen-bond acceptors (Lipinski definition) is 1. The van der Waals surface area contributed by atoms with E-state index in [2.05, 4.69) is 0 Å². The molecule has 0 radical (unpaired) electrons. The van der Waals surface area contributed by atoms with Crippen LogP contribution in [0.1, 0.15) is 11.1 Å². The highest BCUT2D eigenvalue weighted by Gasteiger charge is 2.33. The van der Waals surface area contributed by atoms with Crippen molar-refractivity contribution in [3.05, 3.63) is 41.2 Å². The molecular weight excluding hydrogens is 210 g/mol. The second-order valence-electron chi connectivity index (χ2n) is 2.69. The topological polar surface area (TPSA) is 23.8 Å². The van der Waals surface area contributed by atoms with Gasteiger partial charge in [-0.2, -0.15) is 18.4 Å². The van der Waals surface area contributed by atoms with E-state index in [9.17, 15) is 17.6 Å². The molecule has 0 saturated carbocycles. The van der Waals surface area contributed by atoms with Crippen LogP contribution in [0.4, 0.5) is 17.6 Å². The third-order valence-corrected chi connectivity index (χ3v) is 1.66. The lowest BCUT2D eigenvalue weighted by Crippen LogP contribution is -2.07. The van der Waals surface area contributed by atoms with Crippen LogP contribution < -0.4 is 0 Å². The summed E-state index contributed by atoms with van der Waals surface area (Å²) < 4.78 is 49.7. The van der Waals surface area contributed by atoms with Crippen LogP contribution in [0.5, 0.6) is 0 Å². The van der Waals surface area contributed by atoms with Crippen LogP contribution in [-0.2, 0) is 6.18 Å². The molecule has 0 bridgehead atoms. The van der Waals surface area contributed by atoms with E-state index in [-0.39, 0.29) is 5.56 Å². The van der Waals surface area contributed by atoms with E-state index in [0.29, 0.717) is 6.07 Å². The number of nitrogens with zero attached hydrogens (tertiary/aromatic N) is 1. The fourth-order valence-electron chi connectivity index (χ4n) is 1.05. The molecule has 0 amide bonds. The Kier molecular flexibility index (Phi) is 3.10. The fourth-order valence-corrected chi connectivity index (χ4v) is 1.05. The molecule has 15 heavy (non-hydrogen) atoms. The summed E-state index contributed by atoms with van der Waals surface area (Å²) >= 11 is 0. The van der Waals surface area contributed by atoms with Gasteiger partial charge in [-0.1, -0.05) is 6.07 Å². The van der Waals surface area contributed by atoms with Crippen molar-refractivity contribution in [2.24, 2.45) is 0 Å². The molecule has 0 heterocycles. The van der Waals surface area contributed by atoms with Crippen molar-refractivity contribution in [3.8, 4) is 6.07 Å². The molecule has 0 saturated heterocycles. The summed E-state index contributed by atoms with van der Waals surface area (Å²) in [6.07, 6.45) is -2.73. The van der Waals surface area contributed by atoms with Crippen molar-refractivity contribution in [3.63, 3.8) is 0 Å². The normalized spacial score (nSPS) is 11.7. The van der Waals surface area contributed by atoms with Gasteiger partial charge in [0.05, 0.1) is 11.6 Å². The van der Waals surface area contributed by atoms with Crippen LogP contribution in [0.25, 0.3) is 6.08 Å². The molecule has 0 unspecified atom stereocenters. The molecule has 0 N–H and O–H groups in total. The summed E-state index contributed by atoms with van der Waals surface area (Å²) in [6, 6.07) is 3.85. The average Bonchev–Trinajstić information content (AvgIpc) is 2.14. The molecule has 0 spiro atoms. The highest BCUT2D eigenvalue weighted by Crippen LogP contribution is 2.33. The van der Waals surface area contributed by atoms with Crippen molar-refractivity contribution in [2.45, 2.75) is 6.18 Å². The second kappa shape index (κ2) is 4.13. The van der Waals surface area contributed by atoms with Gasteiger partial charge in [0.2, 0.25) is 0 Å². The first-order valence-electron chi connectivity index (χ1n) is 3.88. The Bertz CT molecular complexity index is 426. The number of alkyl halides is 3. The van der Waals surface area contributed by atoms with Crippen LogP contribution >= 0.6 is 0 Å². The zero-order valence-electron chi connectivity index (χ0n) is 7.35. The van der Waals surface area contributed by atoms with Gasteiger partial charge in [0.15, 0.2) is 0 Å². The van der Waals surface area contributed by atoms with Gasteiger partial charge in [-0.25, -0.2) is 4.39 Å². The lowest BCUT2D eigenvalue weighted by molar-refractivity contribution is -0.137. The Balaban J connectivity index is 3.28. The largest absolute Gasteiger partial charge is 0.417 e. The summed E-state index contributed by atoms with van der Waals surface area (Å²) in [5, 5.41) is 8.18. The van der Waals surface area contributed by atoms with E-state index >= 15 is 0 Å². The van der Waals surface area contributed by atoms with Crippen molar-refractivity contribution in [1.82, 2.24) is 0 Å². The lowest BCUT2D eigenvalue weighted by Gasteiger charge is -2.09. The van der Waals surface area contributed by atoms with Crippen LogP contribution in [0.3, 0.4) is 0 Å². The Hall–Kier alpha value is -1.83. The average molecular weight is 215 g/mol. The lowest BCUT2D eigenvalue weighted by atomic mass is 10.1. The van der Waals surface area contributed by atoms with Crippen molar-refractivity contribution >= 4 is 6.08 Å². The van der Waals surface area contributed by atoms with Crippen molar-refractivity contribution < 1.29 is 17.6 Å². The van der Waals surface area contributed by atoms with Gasteiger partial charge in [0.25, 0.3) is 0 Å². The predicted octanol–water partition coefficient (Wildman–Crippen LogP) is 3.38. The van der Waals surface area contributed by atoms with E-state index < -0.39 is 17.6 Å². The minimum absolute atomic E-state index is 0.231. The molecule has 1 rings (SSSR count). The Morgan fingerprint density at radius 3 is 2.47 bits per heavy atom. The minimum Gasteiger partial charge on any atom is -0.207 e. The van der Waals surface area contributed by atoms with Gasteiger partial charge >= 0.3 is 6.18 Å². The Morgan fingerprint density at radius 1 is 1.27 bits per heavy atom. The van der Waals surface area contributed by atoms with Crippen LogP contribution in [-0.4, -0.2) is 0 Å². The zero-order valence-corrected chi connectivity index (χ0v) is 7.35. The zero-order chi connectivity index (χ0) is 11.5. The molecule has 78 valence electrons. The van der Waals surface area contributed by atoms with Crippen LogP contribution in [0.15, 0.2) is 24.3 Å². The Morgan fingerprint density at radius 2 is 1.93 bits per heavy atom. The smallest absolute Gasteiger partial charge is 0.207 e. The fraction of sp³-hybridized carbons (Fsp3) is 0.100. The molecule has 1 nitrogen and oxygen atoms in total. The minimum atomic E-state index is -4.63. The van der Waals surface area contributed by atoms with Gasteiger partial charge in [-0.05, 0) is 23.8 Å².